The van der Waals surface area contributed by atoms with Crippen LogP contribution in [-0.4, -0.2) is 47.4 Å². The Balaban J connectivity index is 1.40. The molecule has 31 heavy (non-hydrogen) atoms. The molecular formula is C25H35BN2O3. The number of aliphatic imine (C=N–C) groups is 1. The van der Waals surface area contributed by atoms with Gasteiger partial charge in [-0.25, -0.2) is 0 Å². The Labute approximate surface area is 187 Å². The van der Waals surface area contributed by atoms with E-state index in [-0.39, 0.29) is 30.3 Å². The van der Waals surface area contributed by atoms with Gasteiger partial charge in [-0.05, 0) is 63.1 Å². The molecule has 0 radical (unpaired) electrons. The average molecular weight is 422 g/mol. The number of allylic oxidation sites excluding steroid dienone is 1. The maximum Gasteiger partial charge on any atom is 0.494 e. The molecule has 0 spiro atoms. The van der Waals surface area contributed by atoms with Gasteiger partial charge in [0.25, 0.3) is 0 Å². The Hall–Kier alpha value is -1.92. The molecule has 1 aromatic carbocycles. The van der Waals surface area contributed by atoms with Gasteiger partial charge in [-0.1, -0.05) is 38.1 Å². The lowest BCUT2D eigenvalue weighted by atomic mass is 9.78. The number of carbonyl (C=O) groups excluding carboxylic acids is 1. The van der Waals surface area contributed by atoms with Crippen LogP contribution in [-0.2, 0) is 14.1 Å². The van der Waals surface area contributed by atoms with E-state index in [1.165, 1.54) is 5.57 Å². The van der Waals surface area contributed by atoms with Crippen molar-refractivity contribution in [2.24, 2.45) is 10.9 Å². The topological polar surface area (TPSA) is 51.1 Å². The summed E-state index contributed by atoms with van der Waals surface area (Å²) in [4.78, 5) is 19.4. The van der Waals surface area contributed by atoms with Crippen molar-refractivity contribution in [2.45, 2.75) is 84.5 Å². The van der Waals surface area contributed by atoms with Crippen LogP contribution in [0.1, 0.15) is 72.8 Å². The highest BCUT2D eigenvalue weighted by Crippen LogP contribution is 2.36. The lowest BCUT2D eigenvalue weighted by Gasteiger charge is -2.32. The highest BCUT2D eigenvalue weighted by atomic mass is 16.7. The number of amides is 1. The molecule has 3 aliphatic rings. The van der Waals surface area contributed by atoms with Gasteiger partial charge in [-0.15, -0.1) is 0 Å². The zero-order valence-corrected chi connectivity index (χ0v) is 19.8. The predicted molar refractivity (Wildman–Crippen MR) is 126 cm³/mol. The Bertz CT molecular complexity index is 886. The number of likely N-dealkylation sites (tertiary alicyclic amines) is 1. The molecule has 2 saturated heterocycles. The Kier molecular flexibility index (Phi) is 5.90. The minimum atomic E-state index is -0.345. The summed E-state index contributed by atoms with van der Waals surface area (Å²) >= 11 is 0. The molecule has 4 rings (SSSR count). The third kappa shape index (κ3) is 4.38. The van der Waals surface area contributed by atoms with E-state index in [4.69, 9.17) is 14.3 Å². The van der Waals surface area contributed by atoms with Crippen molar-refractivity contribution in [1.29, 1.82) is 0 Å². The van der Waals surface area contributed by atoms with Crippen LogP contribution in [0.4, 0.5) is 0 Å². The van der Waals surface area contributed by atoms with Gasteiger partial charge in [0.05, 0.1) is 17.2 Å². The first-order valence-corrected chi connectivity index (χ1v) is 11.6. The van der Waals surface area contributed by atoms with Crippen molar-refractivity contribution in [3.63, 3.8) is 0 Å². The minimum Gasteiger partial charge on any atom is -0.399 e. The summed E-state index contributed by atoms with van der Waals surface area (Å²) in [6.07, 6.45) is 5.48. The van der Waals surface area contributed by atoms with Gasteiger partial charge in [0.15, 0.2) is 0 Å². The second kappa shape index (κ2) is 8.21. The summed E-state index contributed by atoms with van der Waals surface area (Å²) < 4.78 is 12.3. The number of hydrogen-bond acceptors (Lipinski definition) is 4. The normalized spacial score (nSPS) is 24.7. The van der Waals surface area contributed by atoms with Gasteiger partial charge in [0.2, 0.25) is 5.91 Å². The number of benzene rings is 1. The van der Waals surface area contributed by atoms with Crippen LogP contribution >= 0.6 is 0 Å². The van der Waals surface area contributed by atoms with Gasteiger partial charge in [-0.2, -0.15) is 0 Å². The van der Waals surface area contributed by atoms with Crippen LogP contribution < -0.4 is 5.46 Å². The van der Waals surface area contributed by atoms with Crippen molar-refractivity contribution in [1.82, 2.24) is 4.90 Å². The fourth-order valence-corrected chi connectivity index (χ4v) is 4.54. The molecule has 1 aromatic rings. The van der Waals surface area contributed by atoms with Crippen molar-refractivity contribution in [3.8, 4) is 0 Å². The van der Waals surface area contributed by atoms with Crippen molar-refractivity contribution < 1.29 is 14.1 Å². The molecule has 1 atom stereocenters. The molecule has 2 fully saturated rings. The maximum absolute atomic E-state index is 12.7. The molecule has 1 amide bonds. The number of nitrogens with zero attached hydrogens (tertiary/aromatic N) is 2. The van der Waals surface area contributed by atoms with Crippen molar-refractivity contribution >= 4 is 29.8 Å². The lowest BCUT2D eigenvalue weighted by Crippen LogP contribution is -2.41. The van der Waals surface area contributed by atoms with E-state index in [9.17, 15) is 4.79 Å². The first-order valence-electron chi connectivity index (χ1n) is 11.6. The van der Waals surface area contributed by atoms with Crippen LogP contribution in [0.2, 0.25) is 0 Å². The van der Waals surface area contributed by atoms with Gasteiger partial charge in [0.1, 0.15) is 0 Å². The van der Waals surface area contributed by atoms with Crippen LogP contribution in [0.3, 0.4) is 0 Å². The highest BCUT2D eigenvalue weighted by molar-refractivity contribution is 6.62. The zero-order valence-electron chi connectivity index (χ0n) is 19.8. The molecular weight excluding hydrogens is 387 g/mol. The summed E-state index contributed by atoms with van der Waals surface area (Å²) in [6.45, 7) is 13.3. The molecule has 0 aliphatic carbocycles. The molecule has 0 N–H and O–H groups in total. The predicted octanol–water partition coefficient (Wildman–Crippen LogP) is 4.21. The van der Waals surface area contributed by atoms with Gasteiger partial charge in [0, 0.05) is 31.3 Å². The Morgan fingerprint density at radius 1 is 1.16 bits per heavy atom. The van der Waals surface area contributed by atoms with Crippen molar-refractivity contribution in [2.75, 3.05) is 6.54 Å². The standard InChI is InChI=1S/C25H35BN2O3/c1-17(2)14-23(29)28-13-7-8-22(28)21-15-19(16-27-21)18-9-11-20(12-10-18)26-30-24(3,4)25(5,6)31-26/h9-12,16-17,22H,7-8,13-15H2,1-6H3/t22-/m0/s1. The second-order valence-electron chi connectivity index (χ2n) is 10.5. The molecule has 0 unspecified atom stereocenters. The fourth-order valence-electron chi connectivity index (χ4n) is 4.54. The molecule has 3 heterocycles. The van der Waals surface area contributed by atoms with E-state index < -0.39 is 0 Å². The van der Waals surface area contributed by atoms with Gasteiger partial charge < -0.3 is 14.2 Å². The zero-order chi connectivity index (χ0) is 22.4. The smallest absolute Gasteiger partial charge is 0.399 e. The first-order chi connectivity index (χ1) is 14.6. The molecule has 5 nitrogen and oxygen atoms in total. The summed E-state index contributed by atoms with van der Waals surface area (Å²) in [5.41, 5.74) is 3.85. The Morgan fingerprint density at radius 2 is 1.81 bits per heavy atom. The largest absolute Gasteiger partial charge is 0.494 e. The van der Waals surface area contributed by atoms with E-state index in [0.717, 1.165) is 42.5 Å². The Morgan fingerprint density at radius 3 is 2.42 bits per heavy atom. The summed E-state index contributed by atoms with van der Waals surface area (Å²) in [6, 6.07) is 8.58. The molecule has 0 saturated carbocycles. The van der Waals surface area contributed by atoms with Crippen LogP contribution in [0, 0.1) is 5.92 Å². The fraction of sp³-hybridized carbons (Fsp3) is 0.600. The van der Waals surface area contributed by atoms with E-state index >= 15 is 0 Å². The summed E-state index contributed by atoms with van der Waals surface area (Å²) in [5.74, 6) is 0.649. The average Bonchev–Trinajstić information content (AvgIpc) is 3.39. The maximum atomic E-state index is 12.7. The summed E-state index contributed by atoms with van der Waals surface area (Å²) in [5, 5.41) is 0. The van der Waals surface area contributed by atoms with Gasteiger partial charge in [-0.3, -0.25) is 9.79 Å². The van der Waals surface area contributed by atoms with E-state index in [2.05, 4.69) is 70.7 Å². The molecule has 166 valence electrons. The third-order valence-electron chi connectivity index (χ3n) is 7.11. The summed E-state index contributed by atoms with van der Waals surface area (Å²) in [7, 11) is -0.345. The van der Waals surface area contributed by atoms with Gasteiger partial charge >= 0.3 is 7.12 Å². The first kappa shape index (κ1) is 22.3. The number of hydrogen-bond donors (Lipinski definition) is 0. The highest BCUT2D eigenvalue weighted by Gasteiger charge is 2.51. The molecule has 6 heteroatoms. The quantitative estimate of drug-likeness (QED) is 0.668. The minimum absolute atomic E-state index is 0.157. The van der Waals surface area contributed by atoms with E-state index in [0.29, 0.717) is 12.3 Å². The molecule has 3 aliphatic heterocycles. The number of rotatable bonds is 5. The number of carbonyl (C=O) groups is 1. The third-order valence-corrected chi connectivity index (χ3v) is 7.11. The van der Waals surface area contributed by atoms with Crippen LogP contribution in [0.15, 0.2) is 35.5 Å². The lowest BCUT2D eigenvalue weighted by molar-refractivity contribution is -0.131. The van der Waals surface area contributed by atoms with E-state index in [1.54, 1.807) is 0 Å². The van der Waals surface area contributed by atoms with Crippen molar-refractivity contribution in [3.05, 3.63) is 36.0 Å². The van der Waals surface area contributed by atoms with E-state index in [1.807, 2.05) is 6.20 Å². The monoisotopic (exact) mass is 422 g/mol. The molecule has 0 aromatic heterocycles. The SMILES string of the molecule is CC(C)CC(=O)N1CCC[C@H]1C1=NC=C(c2ccc(B3OC(C)(C)C(C)(C)O3)cc2)C1. The molecule has 0 bridgehead atoms. The van der Waals surface area contributed by atoms with Crippen LogP contribution in [0.25, 0.3) is 5.57 Å². The van der Waals surface area contributed by atoms with Crippen LogP contribution in [0.5, 0.6) is 0 Å². The second-order valence-corrected chi connectivity index (χ2v) is 10.5.